The summed E-state index contributed by atoms with van der Waals surface area (Å²) in [6, 6.07) is 0. The van der Waals surface area contributed by atoms with Gasteiger partial charge in [-0.15, -0.1) is 0 Å². The molecule has 1 heteroatoms. The Labute approximate surface area is 46.8 Å². The number of hydrogen-bond donors (Lipinski definition) is 0. The standard InChI is InChI=1S/C4H6.W/c1-3-4-2;/h3-4H,1-2H2;. The van der Waals surface area contributed by atoms with Gasteiger partial charge in [-0.25, -0.2) is 0 Å². The molecule has 0 radical (unpaired) electrons. The number of rotatable bonds is 1. The molecule has 0 atom stereocenters. The summed E-state index contributed by atoms with van der Waals surface area (Å²) in [5.41, 5.74) is 0. The second kappa shape index (κ2) is 8.90. The van der Waals surface area contributed by atoms with Gasteiger partial charge in [0, 0.05) is 21.1 Å². The summed E-state index contributed by atoms with van der Waals surface area (Å²) in [5, 5.41) is 0. The van der Waals surface area contributed by atoms with Crippen molar-refractivity contribution in [3.63, 3.8) is 0 Å². The van der Waals surface area contributed by atoms with Crippen LogP contribution in [0.15, 0.2) is 25.3 Å². The average molecular weight is 238 g/mol. The first kappa shape index (κ1) is 8.95. The molecule has 0 fully saturated rings. The zero-order valence-electron chi connectivity index (χ0n) is 2.98. The first-order chi connectivity index (χ1) is 1.91. The molecule has 0 aliphatic rings. The summed E-state index contributed by atoms with van der Waals surface area (Å²) >= 11 is 0. The molecule has 0 aromatic rings. The van der Waals surface area contributed by atoms with E-state index in [2.05, 4.69) is 13.2 Å². The Kier molecular flexibility index (Phi) is 15.9. The van der Waals surface area contributed by atoms with Crippen molar-refractivity contribution in [2.75, 3.05) is 0 Å². The quantitative estimate of drug-likeness (QED) is 0.605. The minimum absolute atomic E-state index is 0. The molecule has 0 nitrogen and oxygen atoms in total. The largest absolute Gasteiger partial charge is 0.0991 e. The summed E-state index contributed by atoms with van der Waals surface area (Å²) in [6.45, 7) is 6.72. The second-order valence-corrected chi connectivity index (χ2v) is 0.471. The molecule has 0 N–H and O–H groups in total. The SMILES string of the molecule is C=CC=C.[W]. The van der Waals surface area contributed by atoms with Gasteiger partial charge in [0.25, 0.3) is 0 Å². The van der Waals surface area contributed by atoms with Crippen LogP contribution in [0.2, 0.25) is 0 Å². The van der Waals surface area contributed by atoms with Crippen LogP contribution < -0.4 is 0 Å². The molecule has 0 saturated carbocycles. The van der Waals surface area contributed by atoms with Crippen molar-refractivity contribution in [2.24, 2.45) is 0 Å². The molecule has 0 saturated heterocycles. The van der Waals surface area contributed by atoms with E-state index in [4.69, 9.17) is 0 Å². The first-order valence-corrected chi connectivity index (χ1v) is 1.15. The molecular formula is C4H6W. The van der Waals surface area contributed by atoms with Crippen LogP contribution in [0.25, 0.3) is 0 Å². The molecule has 0 unspecified atom stereocenters. The Balaban J connectivity index is 0. The molecule has 0 aromatic carbocycles. The van der Waals surface area contributed by atoms with Gasteiger partial charge in [-0.3, -0.25) is 0 Å². The van der Waals surface area contributed by atoms with Crippen LogP contribution >= 0.6 is 0 Å². The van der Waals surface area contributed by atoms with Crippen LogP contribution in [-0.4, -0.2) is 0 Å². The van der Waals surface area contributed by atoms with Gasteiger partial charge < -0.3 is 0 Å². The maximum absolute atomic E-state index is 3.36. The fourth-order valence-electron chi connectivity index (χ4n) is 0. The molecule has 5 heavy (non-hydrogen) atoms. The summed E-state index contributed by atoms with van der Waals surface area (Å²) in [4.78, 5) is 0. The van der Waals surface area contributed by atoms with Gasteiger partial charge in [0.1, 0.15) is 0 Å². The Bertz CT molecular complexity index is 24.6. The molecule has 0 bridgehead atoms. The smallest absolute Gasteiger partial charge is 0 e. The van der Waals surface area contributed by atoms with E-state index in [9.17, 15) is 0 Å². The van der Waals surface area contributed by atoms with Gasteiger partial charge in [-0.05, 0) is 0 Å². The Morgan fingerprint density at radius 2 is 1.20 bits per heavy atom. The van der Waals surface area contributed by atoms with E-state index < -0.39 is 0 Å². The van der Waals surface area contributed by atoms with Crippen LogP contribution in [-0.2, 0) is 21.1 Å². The van der Waals surface area contributed by atoms with Crippen molar-refractivity contribution < 1.29 is 21.1 Å². The van der Waals surface area contributed by atoms with Gasteiger partial charge in [0.05, 0.1) is 0 Å². The normalized spacial score (nSPS) is 4.00. The van der Waals surface area contributed by atoms with E-state index >= 15 is 0 Å². The van der Waals surface area contributed by atoms with Crippen molar-refractivity contribution in [3.8, 4) is 0 Å². The topological polar surface area (TPSA) is 0 Å². The molecular weight excluding hydrogens is 232 g/mol. The summed E-state index contributed by atoms with van der Waals surface area (Å²) in [6.07, 6.45) is 3.28. The van der Waals surface area contributed by atoms with Gasteiger partial charge in [-0.1, -0.05) is 25.3 Å². The van der Waals surface area contributed by atoms with Crippen LogP contribution in [0.5, 0.6) is 0 Å². The van der Waals surface area contributed by atoms with E-state index in [1.165, 1.54) is 0 Å². The van der Waals surface area contributed by atoms with Crippen molar-refractivity contribution >= 4 is 0 Å². The minimum Gasteiger partial charge on any atom is -0.0991 e. The Hall–Kier alpha value is 0.168. The van der Waals surface area contributed by atoms with Gasteiger partial charge in [-0.2, -0.15) is 0 Å². The summed E-state index contributed by atoms with van der Waals surface area (Å²) in [7, 11) is 0. The van der Waals surface area contributed by atoms with E-state index in [1.807, 2.05) is 0 Å². The fraction of sp³-hybridized carbons (Fsp3) is 0. The predicted octanol–water partition coefficient (Wildman–Crippen LogP) is 1.36. The third-order valence-corrected chi connectivity index (χ3v) is 0.167. The van der Waals surface area contributed by atoms with Crippen molar-refractivity contribution in [1.82, 2.24) is 0 Å². The van der Waals surface area contributed by atoms with Crippen molar-refractivity contribution in [3.05, 3.63) is 25.3 Å². The van der Waals surface area contributed by atoms with Crippen LogP contribution in [0.1, 0.15) is 0 Å². The maximum atomic E-state index is 3.36. The van der Waals surface area contributed by atoms with Crippen LogP contribution in [0, 0.1) is 0 Å². The zero-order valence-corrected chi connectivity index (χ0v) is 5.91. The van der Waals surface area contributed by atoms with E-state index in [1.54, 1.807) is 12.2 Å². The number of allylic oxidation sites excluding steroid dienone is 2. The molecule has 0 aliphatic carbocycles. The van der Waals surface area contributed by atoms with E-state index in [-0.39, 0.29) is 21.1 Å². The maximum Gasteiger partial charge on any atom is 0 e. The average Bonchev–Trinajstić information content (AvgIpc) is 1.37. The zero-order chi connectivity index (χ0) is 3.41. The van der Waals surface area contributed by atoms with Gasteiger partial charge in [0.2, 0.25) is 0 Å². The summed E-state index contributed by atoms with van der Waals surface area (Å²) in [5.74, 6) is 0. The molecule has 0 heterocycles. The third-order valence-electron chi connectivity index (χ3n) is 0.167. The van der Waals surface area contributed by atoms with E-state index in [0.717, 1.165) is 0 Å². The van der Waals surface area contributed by atoms with Gasteiger partial charge in [0.15, 0.2) is 0 Å². The van der Waals surface area contributed by atoms with Crippen LogP contribution in [0.3, 0.4) is 0 Å². The number of hydrogen-bond acceptors (Lipinski definition) is 0. The Morgan fingerprint density at radius 1 is 1.00 bits per heavy atom. The van der Waals surface area contributed by atoms with Gasteiger partial charge >= 0.3 is 0 Å². The molecule has 0 rings (SSSR count). The summed E-state index contributed by atoms with van der Waals surface area (Å²) < 4.78 is 0. The first-order valence-electron chi connectivity index (χ1n) is 1.15. The molecule has 0 amide bonds. The monoisotopic (exact) mass is 238 g/mol. The predicted molar refractivity (Wildman–Crippen MR) is 20.4 cm³/mol. The molecule has 0 aliphatic heterocycles. The second-order valence-electron chi connectivity index (χ2n) is 0.471. The Morgan fingerprint density at radius 3 is 1.20 bits per heavy atom. The van der Waals surface area contributed by atoms with E-state index in [0.29, 0.717) is 0 Å². The van der Waals surface area contributed by atoms with Crippen molar-refractivity contribution in [1.29, 1.82) is 0 Å². The molecule has 0 aromatic heterocycles. The third kappa shape index (κ3) is 14.4. The van der Waals surface area contributed by atoms with Crippen molar-refractivity contribution in [2.45, 2.75) is 0 Å². The molecule has 0 spiro atoms. The van der Waals surface area contributed by atoms with Crippen LogP contribution in [0.4, 0.5) is 0 Å². The minimum atomic E-state index is 0. The fourth-order valence-corrected chi connectivity index (χ4v) is 0. The molecule has 28 valence electrons.